The maximum Gasteiger partial charge on any atom is 0.271 e. The van der Waals surface area contributed by atoms with Crippen molar-refractivity contribution in [3.63, 3.8) is 0 Å². The van der Waals surface area contributed by atoms with Crippen LogP contribution in [0.15, 0.2) is 76.2 Å². The molecule has 9 heteroatoms. The Morgan fingerprint density at radius 3 is 2.53 bits per heavy atom. The molecule has 0 spiro atoms. The molecule has 4 rings (SSSR count). The zero-order valence-corrected chi connectivity index (χ0v) is 23.4. The lowest BCUT2D eigenvalue weighted by molar-refractivity contribution is -0.127. The molecule has 38 heavy (non-hydrogen) atoms. The fraction of sp³-hybridized carbons (Fsp3) is 0.276. The van der Waals surface area contributed by atoms with E-state index >= 15 is 0 Å². The van der Waals surface area contributed by atoms with Gasteiger partial charge < -0.3 is 14.4 Å². The largest absolute Gasteiger partial charge is 0.493 e. The number of likely N-dealkylation sites (N-methyl/N-ethyl adjacent to an activating group) is 1. The first-order valence-electron chi connectivity index (χ1n) is 12.3. The Balaban J connectivity index is 1.89. The van der Waals surface area contributed by atoms with Crippen LogP contribution in [0, 0.1) is 0 Å². The molecule has 198 valence electrons. The van der Waals surface area contributed by atoms with E-state index in [1.54, 1.807) is 46.9 Å². The van der Waals surface area contributed by atoms with Gasteiger partial charge in [0.2, 0.25) is 0 Å². The molecule has 0 saturated carbocycles. The molecule has 1 atom stereocenters. The van der Waals surface area contributed by atoms with E-state index in [9.17, 15) is 9.59 Å². The highest BCUT2D eigenvalue weighted by atomic mass is 35.5. The minimum Gasteiger partial charge on any atom is -0.493 e. The Morgan fingerprint density at radius 1 is 1.18 bits per heavy atom. The normalized spacial score (nSPS) is 15.1. The number of thiazole rings is 1. The molecule has 1 aliphatic rings. The SMILES string of the molecule is C=CCOc1ccc(/C=c2/sc3n(c2=O)[C@@H](c2ccc(Cl)cc2)C(C(=O)N(CC)CC)=C(C)N=3)cc1OC. The zero-order valence-electron chi connectivity index (χ0n) is 21.9. The Labute approximate surface area is 230 Å². The van der Waals surface area contributed by atoms with Gasteiger partial charge in [-0.1, -0.05) is 53.8 Å². The topological polar surface area (TPSA) is 73.1 Å². The number of fused-ring (bicyclic) bond motifs is 1. The van der Waals surface area contributed by atoms with Crippen LogP contribution in [0.4, 0.5) is 0 Å². The highest BCUT2D eigenvalue weighted by Gasteiger charge is 2.34. The first kappa shape index (κ1) is 27.4. The van der Waals surface area contributed by atoms with Gasteiger partial charge in [-0.2, -0.15) is 0 Å². The molecule has 3 aromatic rings. The monoisotopic (exact) mass is 551 g/mol. The second kappa shape index (κ2) is 11.8. The Kier molecular flexibility index (Phi) is 8.54. The number of carbonyl (C=O) groups is 1. The lowest BCUT2D eigenvalue weighted by atomic mass is 9.94. The molecular weight excluding hydrogens is 522 g/mol. The van der Waals surface area contributed by atoms with E-state index < -0.39 is 6.04 Å². The van der Waals surface area contributed by atoms with Gasteiger partial charge in [-0.3, -0.25) is 14.2 Å². The third kappa shape index (κ3) is 5.33. The first-order valence-corrected chi connectivity index (χ1v) is 13.5. The van der Waals surface area contributed by atoms with Gasteiger partial charge in [-0.05, 0) is 62.2 Å². The second-order valence-corrected chi connectivity index (χ2v) is 10.1. The highest BCUT2D eigenvalue weighted by Crippen LogP contribution is 2.32. The number of nitrogens with zero attached hydrogens (tertiary/aromatic N) is 3. The maximum atomic E-state index is 13.9. The molecule has 0 bridgehead atoms. The smallest absolute Gasteiger partial charge is 0.271 e. The summed E-state index contributed by atoms with van der Waals surface area (Å²) >= 11 is 7.45. The Hall–Kier alpha value is -3.62. The Morgan fingerprint density at radius 2 is 1.89 bits per heavy atom. The van der Waals surface area contributed by atoms with Crippen LogP contribution in [0.3, 0.4) is 0 Å². The number of amides is 1. The number of hydrogen-bond donors (Lipinski definition) is 0. The van der Waals surface area contributed by atoms with Crippen LogP contribution in [0.1, 0.15) is 37.9 Å². The average Bonchev–Trinajstić information content (AvgIpc) is 3.22. The minimum atomic E-state index is -0.622. The summed E-state index contributed by atoms with van der Waals surface area (Å²) < 4.78 is 13.2. The maximum absolute atomic E-state index is 13.9. The minimum absolute atomic E-state index is 0.134. The van der Waals surface area contributed by atoms with Crippen molar-refractivity contribution in [1.82, 2.24) is 9.47 Å². The summed E-state index contributed by atoms with van der Waals surface area (Å²) in [6.45, 7) is 10.8. The number of ether oxygens (including phenoxy) is 2. The predicted molar refractivity (Wildman–Crippen MR) is 152 cm³/mol. The summed E-state index contributed by atoms with van der Waals surface area (Å²) in [6.07, 6.45) is 3.46. The molecule has 1 amide bonds. The van der Waals surface area contributed by atoms with Crippen LogP contribution >= 0.6 is 22.9 Å². The van der Waals surface area contributed by atoms with Crippen LogP contribution in [0.2, 0.25) is 5.02 Å². The number of halogens is 1. The summed E-state index contributed by atoms with van der Waals surface area (Å²) in [5.74, 6) is 1.00. The van der Waals surface area contributed by atoms with Crippen molar-refractivity contribution in [3.05, 3.63) is 102 Å². The summed E-state index contributed by atoms with van der Waals surface area (Å²) in [5.41, 5.74) is 2.42. The molecule has 2 aromatic carbocycles. The van der Waals surface area contributed by atoms with Crippen LogP contribution in [0.25, 0.3) is 6.08 Å². The van der Waals surface area contributed by atoms with E-state index in [1.807, 2.05) is 45.0 Å². The van der Waals surface area contributed by atoms with Gasteiger partial charge in [0.05, 0.1) is 29.0 Å². The third-order valence-corrected chi connectivity index (χ3v) is 7.57. The molecule has 0 N–H and O–H groups in total. The molecule has 1 aromatic heterocycles. The van der Waals surface area contributed by atoms with Gasteiger partial charge in [0, 0.05) is 18.1 Å². The van der Waals surface area contributed by atoms with Crippen molar-refractivity contribution in [2.45, 2.75) is 26.8 Å². The van der Waals surface area contributed by atoms with Crippen molar-refractivity contribution >= 4 is 34.9 Å². The van der Waals surface area contributed by atoms with Crippen LogP contribution < -0.4 is 24.4 Å². The van der Waals surface area contributed by atoms with E-state index in [0.717, 1.165) is 11.1 Å². The van der Waals surface area contributed by atoms with Gasteiger partial charge in [-0.25, -0.2) is 4.99 Å². The van der Waals surface area contributed by atoms with Crippen molar-refractivity contribution in [2.24, 2.45) is 4.99 Å². The van der Waals surface area contributed by atoms with Gasteiger partial charge in [0.15, 0.2) is 16.3 Å². The quantitative estimate of drug-likeness (QED) is 0.371. The van der Waals surface area contributed by atoms with Crippen molar-refractivity contribution in [2.75, 3.05) is 26.8 Å². The Bertz CT molecular complexity index is 1570. The van der Waals surface area contributed by atoms with Gasteiger partial charge >= 0.3 is 0 Å². The molecule has 1 aliphatic heterocycles. The number of carbonyl (C=O) groups excluding carboxylic acids is 1. The number of hydrogen-bond acceptors (Lipinski definition) is 6. The molecule has 0 radical (unpaired) electrons. The lowest BCUT2D eigenvalue weighted by Crippen LogP contribution is -2.43. The first-order chi connectivity index (χ1) is 18.3. The van der Waals surface area contributed by atoms with E-state index in [4.69, 9.17) is 26.1 Å². The number of aromatic nitrogens is 1. The summed E-state index contributed by atoms with van der Waals surface area (Å²) in [7, 11) is 1.57. The lowest BCUT2D eigenvalue weighted by Gasteiger charge is -2.29. The third-order valence-electron chi connectivity index (χ3n) is 6.33. The standard InChI is InChI=1S/C29H30ClN3O4S/c1-6-15-37-22-14-9-19(16-23(22)36-5)17-24-27(34)33-26(20-10-12-21(30)13-11-20)25(18(4)31-29(33)38-24)28(35)32(7-2)8-3/h6,9-14,16-17,26H,1,7-8,15H2,2-5H3/b24-17+/t26-/m0/s1. The molecule has 2 heterocycles. The van der Waals surface area contributed by atoms with E-state index in [2.05, 4.69) is 6.58 Å². The van der Waals surface area contributed by atoms with Crippen molar-refractivity contribution < 1.29 is 14.3 Å². The summed E-state index contributed by atoms with van der Waals surface area (Å²) in [6, 6.07) is 12.1. The summed E-state index contributed by atoms with van der Waals surface area (Å²) in [5, 5.41) is 0.577. The molecule has 0 fully saturated rings. The molecule has 0 aliphatic carbocycles. The van der Waals surface area contributed by atoms with Crippen molar-refractivity contribution in [3.8, 4) is 11.5 Å². The van der Waals surface area contributed by atoms with E-state index in [0.29, 0.717) is 56.8 Å². The average molecular weight is 552 g/mol. The predicted octanol–water partition coefficient (Wildman–Crippen LogP) is 4.33. The van der Waals surface area contributed by atoms with Gasteiger partial charge in [-0.15, -0.1) is 0 Å². The highest BCUT2D eigenvalue weighted by molar-refractivity contribution is 7.07. The zero-order chi connectivity index (χ0) is 27.4. The van der Waals surface area contributed by atoms with Crippen LogP contribution in [-0.2, 0) is 4.79 Å². The number of methoxy groups -OCH3 is 1. The van der Waals surface area contributed by atoms with Gasteiger partial charge in [0.1, 0.15) is 6.61 Å². The molecule has 0 saturated heterocycles. The molecule has 0 unspecified atom stereocenters. The number of rotatable bonds is 9. The van der Waals surface area contributed by atoms with Crippen LogP contribution in [-0.4, -0.2) is 42.2 Å². The molecule has 7 nitrogen and oxygen atoms in total. The number of benzene rings is 2. The van der Waals surface area contributed by atoms with Crippen molar-refractivity contribution in [1.29, 1.82) is 0 Å². The fourth-order valence-electron chi connectivity index (χ4n) is 4.43. The summed E-state index contributed by atoms with van der Waals surface area (Å²) in [4.78, 5) is 34.5. The van der Waals surface area contributed by atoms with E-state index in [1.165, 1.54) is 11.3 Å². The van der Waals surface area contributed by atoms with Crippen LogP contribution in [0.5, 0.6) is 11.5 Å². The van der Waals surface area contributed by atoms with E-state index in [-0.39, 0.29) is 11.5 Å². The fourth-order valence-corrected chi connectivity index (χ4v) is 5.60. The molecular formula is C29H30ClN3O4S. The van der Waals surface area contributed by atoms with Gasteiger partial charge in [0.25, 0.3) is 11.5 Å². The number of allylic oxidation sites excluding steroid dienone is 1. The second-order valence-electron chi connectivity index (χ2n) is 8.62.